The summed E-state index contributed by atoms with van der Waals surface area (Å²) < 4.78 is 23.1. The largest absolute Gasteiger partial charge is 0.362 e. The van der Waals surface area contributed by atoms with E-state index < -0.39 is 9.84 Å². The summed E-state index contributed by atoms with van der Waals surface area (Å²) in [5.74, 6) is 0.362. The van der Waals surface area contributed by atoms with E-state index >= 15 is 0 Å². The van der Waals surface area contributed by atoms with Crippen LogP contribution >= 0.6 is 0 Å². The molecule has 0 fully saturated rings. The Balaban J connectivity index is 3.65. The van der Waals surface area contributed by atoms with Crippen LogP contribution in [0.4, 0.5) is 0 Å². The molecule has 0 heterocycles. The van der Waals surface area contributed by atoms with Crippen LogP contribution in [-0.4, -0.2) is 41.9 Å². The molecule has 0 N–H and O–H groups in total. The minimum absolute atomic E-state index is 0.181. The third-order valence-corrected chi connectivity index (χ3v) is 4.06. The molecule has 0 bridgehead atoms. The Hall–Kier alpha value is -1.29. The van der Waals surface area contributed by atoms with Crippen molar-refractivity contribution in [2.45, 2.75) is 38.5 Å². The molecular formula is C10H18N4O2S. The zero-order valence-corrected chi connectivity index (χ0v) is 10.6. The van der Waals surface area contributed by atoms with E-state index in [1.54, 1.807) is 0 Å². The molecule has 6 nitrogen and oxygen atoms in total. The Bertz CT molecular complexity index is 361. The third-order valence-electron chi connectivity index (χ3n) is 2.24. The average Bonchev–Trinajstić information content (AvgIpc) is 2.28. The lowest BCUT2D eigenvalue weighted by molar-refractivity contribution is 0.000343. The zero-order valence-electron chi connectivity index (χ0n) is 9.83. The van der Waals surface area contributed by atoms with Gasteiger partial charge in [-0.3, -0.25) is 0 Å². The van der Waals surface area contributed by atoms with Gasteiger partial charge in [0, 0.05) is 12.8 Å². The lowest BCUT2D eigenvalue weighted by atomic mass is 10.3. The number of hydrogen-bond donors (Lipinski definition) is 0. The summed E-state index contributed by atoms with van der Waals surface area (Å²) >= 11 is 0. The Morgan fingerprint density at radius 2 is 1.24 bits per heavy atom. The summed E-state index contributed by atoms with van der Waals surface area (Å²) in [7, 11) is -2.97. The zero-order chi connectivity index (χ0) is 13.0. The molecule has 0 spiro atoms. The van der Waals surface area contributed by atoms with E-state index in [1.807, 2.05) is 0 Å². The van der Waals surface area contributed by atoms with E-state index in [1.165, 1.54) is 12.4 Å². The van der Waals surface area contributed by atoms with E-state index in [2.05, 4.69) is 9.58 Å². The van der Waals surface area contributed by atoms with Gasteiger partial charge in [-0.1, -0.05) is 0 Å². The summed E-state index contributed by atoms with van der Waals surface area (Å²) in [6.45, 7) is 0. The minimum atomic E-state index is -2.97. The van der Waals surface area contributed by atoms with Gasteiger partial charge in [-0.2, -0.15) is 9.58 Å². The molecule has 0 aliphatic heterocycles. The van der Waals surface area contributed by atoms with Crippen molar-refractivity contribution < 1.29 is 18.0 Å². The standard InChI is InChI=1S/C10H18N4O2S/c11-13-7-3-1-5-9-17(15,16)10-6-2-4-8-14-12/h7-8H,1-6,9-10H2. The van der Waals surface area contributed by atoms with E-state index in [0.717, 1.165) is 0 Å². The molecule has 7 heteroatoms. The highest BCUT2D eigenvalue weighted by Gasteiger charge is 2.09. The van der Waals surface area contributed by atoms with E-state index in [4.69, 9.17) is 11.1 Å². The van der Waals surface area contributed by atoms with E-state index in [0.29, 0.717) is 38.5 Å². The topological polar surface area (TPSA) is 107 Å². The predicted octanol–water partition coefficient (Wildman–Crippen LogP) is 1.34. The highest BCUT2D eigenvalue weighted by molar-refractivity contribution is 7.91. The first-order valence-corrected chi connectivity index (χ1v) is 7.46. The molecule has 0 aromatic heterocycles. The second-order valence-electron chi connectivity index (χ2n) is 3.74. The second-order valence-corrected chi connectivity index (χ2v) is 6.04. The molecule has 0 atom stereocenters. The van der Waals surface area contributed by atoms with Crippen LogP contribution in [-0.2, 0) is 9.84 Å². The maximum atomic E-state index is 11.5. The van der Waals surface area contributed by atoms with Gasteiger partial charge >= 0.3 is 0 Å². The molecule has 17 heavy (non-hydrogen) atoms. The van der Waals surface area contributed by atoms with Crippen molar-refractivity contribution in [2.75, 3.05) is 11.5 Å². The van der Waals surface area contributed by atoms with Crippen LogP contribution in [0.1, 0.15) is 38.5 Å². The maximum absolute atomic E-state index is 11.5. The number of hydrogen-bond acceptors (Lipinski definition) is 2. The first-order valence-electron chi connectivity index (χ1n) is 5.64. The van der Waals surface area contributed by atoms with Gasteiger partial charge in [-0.05, 0) is 25.7 Å². The quantitative estimate of drug-likeness (QED) is 0.255. The van der Waals surface area contributed by atoms with Gasteiger partial charge in [-0.25, -0.2) is 8.42 Å². The first kappa shape index (κ1) is 15.7. The predicted molar refractivity (Wildman–Crippen MR) is 65.7 cm³/mol. The Kier molecular flexibility index (Phi) is 9.15. The fourth-order valence-electron chi connectivity index (χ4n) is 1.33. The van der Waals surface area contributed by atoms with Crippen molar-refractivity contribution in [1.82, 2.24) is 0 Å². The molecule has 0 rings (SSSR count). The smallest absolute Gasteiger partial charge is 0.257 e. The molecule has 0 saturated heterocycles. The SMILES string of the molecule is [N-]=[N+]=CCCCCS(=O)(=O)CCCCC=[N+]=[N-]. The van der Waals surface area contributed by atoms with Crippen molar-refractivity contribution >= 4 is 22.3 Å². The van der Waals surface area contributed by atoms with Crippen LogP contribution in [0.2, 0.25) is 0 Å². The van der Waals surface area contributed by atoms with Gasteiger partial charge in [-0.15, -0.1) is 0 Å². The molecule has 0 saturated carbocycles. The van der Waals surface area contributed by atoms with Gasteiger partial charge in [0.15, 0.2) is 0 Å². The van der Waals surface area contributed by atoms with Crippen molar-refractivity contribution in [2.24, 2.45) is 0 Å². The fraction of sp³-hybridized carbons (Fsp3) is 0.800. The molecule has 96 valence electrons. The maximum Gasteiger partial charge on any atom is 0.257 e. The van der Waals surface area contributed by atoms with Crippen LogP contribution in [0.15, 0.2) is 0 Å². The summed E-state index contributed by atoms with van der Waals surface area (Å²) in [6, 6.07) is 0. The lowest BCUT2D eigenvalue weighted by Gasteiger charge is -2.01. The summed E-state index contributed by atoms with van der Waals surface area (Å²) in [6.07, 6.45) is 6.51. The summed E-state index contributed by atoms with van der Waals surface area (Å²) in [5, 5.41) is 0. The highest BCUT2D eigenvalue weighted by Crippen LogP contribution is 2.03. The molecule has 0 aromatic rings. The molecular weight excluding hydrogens is 240 g/mol. The molecule has 0 amide bonds. The van der Waals surface area contributed by atoms with Crippen molar-refractivity contribution in [3.63, 3.8) is 0 Å². The monoisotopic (exact) mass is 258 g/mol. The Morgan fingerprint density at radius 1 is 0.824 bits per heavy atom. The number of nitrogens with zero attached hydrogens (tertiary/aromatic N) is 4. The first-order chi connectivity index (χ1) is 8.12. The summed E-state index contributed by atoms with van der Waals surface area (Å²) in [4.78, 5) is 5.68. The number of unbranched alkanes of at least 4 members (excludes halogenated alkanes) is 4. The normalized spacial score (nSPS) is 10.4. The second kappa shape index (κ2) is 9.90. The molecule has 0 aliphatic carbocycles. The van der Waals surface area contributed by atoms with Gasteiger partial charge in [0.05, 0.1) is 11.5 Å². The van der Waals surface area contributed by atoms with Gasteiger partial charge < -0.3 is 11.1 Å². The molecule has 0 unspecified atom stereocenters. The number of rotatable bonds is 10. The average molecular weight is 258 g/mol. The van der Waals surface area contributed by atoms with Gasteiger partial charge in [0.2, 0.25) is 0 Å². The highest BCUT2D eigenvalue weighted by atomic mass is 32.2. The van der Waals surface area contributed by atoms with E-state index in [9.17, 15) is 8.42 Å². The van der Waals surface area contributed by atoms with Gasteiger partial charge in [0.1, 0.15) is 9.84 Å². The molecule has 0 radical (unpaired) electrons. The number of sulfone groups is 1. The van der Waals surface area contributed by atoms with E-state index in [-0.39, 0.29) is 11.5 Å². The minimum Gasteiger partial charge on any atom is -0.362 e. The third kappa shape index (κ3) is 11.0. The van der Waals surface area contributed by atoms with Crippen molar-refractivity contribution in [3.8, 4) is 0 Å². The summed E-state index contributed by atoms with van der Waals surface area (Å²) in [5.41, 5.74) is 16.3. The molecule has 0 aromatic carbocycles. The van der Waals surface area contributed by atoms with Crippen molar-refractivity contribution in [1.29, 1.82) is 0 Å². The van der Waals surface area contributed by atoms with Crippen LogP contribution in [0.5, 0.6) is 0 Å². The van der Waals surface area contributed by atoms with Crippen LogP contribution in [0, 0.1) is 0 Å². The van der Waals surface area contributed by atoms with Crippen LogP contribution in [0.3, 0.4) is 0 Å². The van der Waals surface area contributed by atoms with Gasteiger partial charge in [0.25, 0.3) is 12.4 Å². The van der Waals surface area contributed by atoms with Crippen molar-refractivity contribution in [3.05, 3.63) is 11.1 Å². The lowest BCUT2D eigenvalue weighted by Crippen LogP contribution is -2.11. The molecule has 0 aliphatic rings. The Morgan fingerprint density at radius 3 is 1.59 bits per heavy atom. The van der Waals surface area contributed by atoms with Crippen LogP contribution in [0.25, 0.3) is 11.1 Å². The Labute approximate surface area is 102 Å². The van der Waals surface area contributed by atoms with Crippen LogP contribution < -0.4 is 0 Å². The fourth-order valence-corrected chi connectivity index (χ4v) is 2.82.